The highest BCUT2D eigenvalue weighted by molar-refractivity contribution is 7.88. The Balaban J connectivity index is 1.64. The fourth-order valence-electron chi connectivity index (χ4n) is 3.13. The lowest BCUT2D eigenvalue weighted by molar-refractivity contribution is -0.138. The zero-order valence-corrected chi connectivity index (χ0v) is 14.2. The molecule has 0 radical (unpaired) electrons. The number of rotatable bonds is 5. The fourth-order valence-corrected chi connectivity index (χ4v) is 4.00. The van der Waals surface area contributed by atoms with Gasteiger partial charge in [0.05, 0.1) is 6.26 Å². The number of piperidine rings is 1. The Hall–Kier alpha value is -1.47. The van der Waals surface area contributed by atoms with E-state index in [-0.39, 0.29) is 11.8 Å². The lowest BCUT2D eigenvalue weighted by atomic mass is 9.96. The highest BCUT2D eigenvalue weighted by Crippen LogP contribution is 2.32. The fraction of sp³-hybridized carbons (Fsp3) is 0.625. The lowest BCUT2D eigenvalue weighted by Crippen LogP contribution is -2.44. The van der Waals surface area contributed by atoms with Crippen LogP contribution in [0.4, 0.5) is 0 Å². The Kier molecular flexibility index (Phi) is 4.68. The van der Waals surface area contributed by atoms with Crippen molar-refractivity contribution in [3.05, 3.63) is 30.1 Å². The van der Waals surface area contributed by atoms with Crippen LogP contribution in [0.25, 0.3) is 0 Å². The summed E-state index contributed by atoms with van der Waals surface area (Å²) < 4.78 is 24.6. The topological polar surface area (TPSA) is 70.6 Å². The zero-order valence-electron chi connectivity index (χ0n) is 13.4. The SMILES string of the molecule is CS(=O)(=O)N1CCC(C(=O)N(Cc2ccncc2)C2CC2)CC1. The summed E-state index contributed by atoms with van der Waals surface area (Å²) in [7, 11) is -3.15. The molecule has 2 aliphatic rings. The molecule has 1 saturated heterocycles. The summed E-state index contributed by atoms with van der Waals surface area (Å²) in [5.41, 5.74) is 1.09. The van der Waals surface area contributed by atoms with Gasteiger partial charge in [-0.2, -0.15) is 0 Å². The van der Waals surface area contributed by atoms with Gasteiger partial charge < -0.3 is 4.90 Å². The van der Waals surface area contributed by atoms with Crippen LogP contribution in [0.15, 0.2) is 24.5 Å². The van der Waals surface area contributed by atoms with Gasteiger partial charge in [0, 0.05) is 44.0 Å². The second-order valence-electron chi connectivity index (χ2n) is 6.49. The summed E-state index contributed by atoms with van der Waals surface area (Å²) in [4.78, 5) is 18.9. The van der Waals surface area contributed by atoms with E-state index in [0.717, 1.165) is 18.4 Å². The first-order valence-corrected chi connectivity index (χ1v) is 9.94. The van der Waals surface area contributed by atoms with Crippen LogP contribution in [0.2, 0.25) is 0 Å². The maximum atomic E-state index is 12.9. The van der Waals surface area contributed by atoms with Crippen LogP contribution >= 0.6 is 0 Å². The van der Waals surface area contributed by atoms with Gasteiger partial charge in [0.25, 0.3) is 0 Å². The Morgan fingerprint density at radius 1 is 1.22 bits per heavy atom. The molecule has 7 heteroatoms. The molecule has 6 nitrogen and oxygen atoms in total. The largest absolute Gasteiger partial charge is 0.335 e. The molecule has 1 amide bonds. The molecule has 0 N–H and O–H groups in total. The number of carbonyl (C=O) groups is 1. The monoisotopic (exact) mass is 337 g/mol. The highest BCUT2D eigenvalue weighted by atomic mass is 32.2. The van der Waals surface area contributed by atoms with E-state index in [1.165, 1.54) is 10.6 Å². The van der Waals surface area contributed by atoms with E-state index in [1.54, 1.807) is 12.4 Å². The molecule has 2 heterocycles. The van der Waals surface area contributed by atoms with Crippen molar-refractivity contribution >= 4 is 15.9 Å². The molecule has 1 aromatic heterocycles. The van der Waals surface area contributed by atoms with Crippen LogP contribution < -0.4 is 0 Å². The minimum absolute atomic E-state index is 0.0598. The first kappa shape index (κ1) is 16.4. The van der Waals surface area contributed by atoms with Crippen molar-refractivity contribution in [1.82, 2.24) is 14.2 Å². The first-order chi connectivity index (χ1) is 10.9. The second-order valence-corrected chi connectivity index (χ2v) is 8.47. The van der Waals surface area contributed by atoms with Crippen molar-refractivity contribution in [3.63, 3.8) is 0 Å². The molecule has 23 heavy (non-hydrogen) atoms. The van der Waals surface area contributed by atoms with Gasteiger partial charge >= 0.3 is 0 Å². The van der Waals surface area contributed by atoms with Gasteiger partial charge in [-0.15, -0.1) is 0 Å². The molecule has 1 saturated carbocycles. The van der Waals surface area contributed by atoms with Crippen molar-refractivity contribution < 1.29 is 13.2 Å². The Morgan fingerprint density at radius 3 is 2.35 bits per heavy atom. The Bertz CT molecular complexity index is 650. The normalized spacial score (nSPS) is 20.4. The van der Waals surface area contributed by atoms with Crippen molar-refractivity contribution in [1.29, 1.82) is 0 Å². The van der Waals surface area contributed by atoms with Crippen LogP contribution in [0.3, 0.4) is 0 Å². The molecule has 0 aromatic carbocycles. The summed E-state index contributed by atoms with van der Waals surface area (Å²) >= 11 is 0. The van der Waals surface area contributed by atoms with E-state index in [1.807, 2.05) is 17.0 Å². The summed E-state index contributed by atoms with van der Waals surface area (Å²) in [6.45, 7) is 1.52. The van der Waals surface area contributed by atoms with E-state index in [9.17, 15) is 13.2 Å². The van der Waals surface area contributed by atoms with Crippen molar-refractivity contribution in [2.24, 2.45) is 5.92 Å². The van der Waals surface area contributed by atoms with E-state index >= 15 is 0 Å². The summed E-state index contributed by atoms with van der Waals surface area (Å²) in [6, 6.07) is 4.23. The van der Waals surface area contributed by atoms with Gasteiger partial charge in [-0.05, 0) is 43.4 Å². The molecule has 126 valence electrons. The average molecular weight is 337 g/mol. The molecule has 0 spiro atoms. The number of carbonyl (C=O) groups excluding carboxylic acids is 1. The number of hydrogen-bond acceptors (Lipinski definition) is 4. The van der Waals surface area contributed by atoms with Crippen molar-refractivity contribution in [2.75, 3.05) is 19.3 Å². The molecule has 0 unspecified atom stereocenters. The molecule has 1 aliphatic heterocycles. The van der Waals surface area contributed by atoms with Gasteiger partial charge in [0.1, 0.15) is 0 Å². The first-order valence-electron chi connectivity index (χ1n) is 8.09. The van der Waals surface area contributed by atoms with Crippen LogP contribution in [0.5, 0.6) is 0 Å². The van der Waals surface area contributed by atoms with E-state index in [2.05, 4.69) is 4.98 Å². The minimum atomic E-state index is -3.15. The van der Waals surface area contributed by atoms with E-state index < -0.39 is 10.0 Å². The smallest absolute Gasteiger partial charge is 0.226 e. The molecule has 0 atom stereocenters. The number of amides is 1. The quantitative estimate of drug-likeness (QED) is 0.811. The summed E-state index contributed by atoms with van der Waals surface area (Å²) in [6.07, 6.45) is 8.09. The molecular weight excluding hydrogens is 314 g/mol. The van der Waals surface area contributed by atoms with Gasteiger partial charge in [0.2, 0.25) is 15.9 Å². The summed E-state index contributed by atoms with van der Waals surface area (Å²) in [5, 5.41) is 0. The van der Waals surface area contributed by atoms with Gasteiger partial charge in [0.15, 0.2) is 0 Å². The van der Waals surface area contributed by atoms with Gasteiger partial charge in [-0.3, -0.25) is 9.78 Å². The van der Waals surface area contributed by atoms with Crippen molar-refractivity contribution in [2.45, 2.75) is 38.3 Å². The standard InChI is InChI=1S/C16H23N3O3S/c1-23(21,22)18-10-6-14(7-11-18)16(20)19(15-2-3-15)12-13-4-8-17-9-5-13/h4-5,8-9,14-15H,2-3,6-7,10-12H2,1H3. The predicted molar refractivity (Wildman–Crippen MR) is 86.9 cm³/mol. The minimum Gasteiger partial charge on any atom is -0.335 e. The third-order valence-electron chi connectivity index (χ3n) is 4.65. The van der Waals surface area contributed by atoms with Crippen LogP contribution in [-0.2, 0) is 21.4 Å². The highest BCUT2D eigenvalue weighted by Gasteiger charge is 2.37. The Morgan fingerprint density at radius 2 is 1.83 bits per heavy atom. The van der Waals surface area contributed by atoms with E-state index in [4.69, 9.17) is 0 Å². The average Bonchev–Trinajstić information content (AvgIpc) is 3.37. The van der Waals surface area contributed by atoms with Crippen molar-refractivity contribution in [3.8, 4) is 0 Å². The molecule has 3 rings (SSSR count). The molecule has 2 fully saturated rings. The number of nitrogens with zero attached hydrogens (tertiary/aromatic N) is 3. The molecule has 1 aromatic rings. The number of pyridine rings is 1. The second kappa shape index (κ2) is 6.57. The van der Waals surface area contributed by atoms with Gasteiger partial charge in [-0.25, -0.2) is 12.7 Å². The maximum absolute atomic E-state index is 12.9. The van der Waals surface area contributed by atoms with Crippen LogP contribution in [-0.4, -0.2) is 53.9 Å². The zero-order chi connectivity index (χ0) is 16.4. The van der Waals surface area contributed by atoms with Crippen LogP contribution in [0.1, 0.15) is 31.2 Å². The third-order valence-corrected chi connectivity index (χ3v) is 5.95. The third kappa shape index (κ3) is 4.09. The maximum Gasteiger partial charge on any atom is 0.226 e. The number of aromatic nitrogens is 1. The van der Waals surface area contributed by atoms with Crippen LogP contribution in [0, 0.1) is 5.92 Å². The molecular formula is C16H23N3O3S. The lowest BCUT2D eigenvalue weighted by Gasteiger charge is -2.33. The molecule has 1 aliphatic carbocycles. The predicted octanol–water partition coefficient (Wildman–Crippen LogP) is 1.24. The molecule has 0 bridgehead atoms. The Labute approximate surface area is 137 Å². The number of hydrogen-bond donors (Lipinski definition) is 0. The summed E-state index contributed by atoms with van der Waals surface area (Å²) in [5.74, 6) is 0.118. The number of sulfonamides is 1. The van der Waals surface area contributed by atoms with E-state index in [0.29, 0.717) is 38.5 Å². The van der Waals surface area contributed by atoms with Gasteiger partial charge in [-0.1, -0.05) is 0 Å².